The van der Waals surface area contributed by atoms with Crippen LogP contribution in [-0.2, 0) is 11.3 Å². The Morgan fingerprint density at radius 3 is 2.43 bits per heavy atom. The highest BCUT2D eigenvalue weighted by Crippen LogP contribution is 2.31. The lowest BCUT2D eigenvalue weighted by molar-refractivity contribution is -0.277. The average Bonchev–Trinajstić information content (AvgIpc) is 2.73. The average molecular weight is 419 g/mol. The minimum atomic E-state index is -1.64. The number of phenols is 1. The monoisotopic (exact) mass is 419 g/mol. The summed E-state index contributed by atoms with van der Waals surface area (Å²) in [6.07, 6.45) is -7.45. The number of carbonyl (C=O) groups excluding carboxylic acids is 1. The first-order chi connectivity index (χ1) is 14.3. The summed E-state index contributed by atoms with van der Waals surface area (Å²) in [6, 6.07) is 11.7. The molecule has 1 heterocycles. The van der Waals surface area contributed by atoms with E-state index in [1.54, 1.807) is 0 Å². The summed E-state index contributed by atoms with van der Waals surface area (Å²) >= 11 is 0. The number of aryl methyl sites for hydroxylation is 1. The predicted octanol–water partition coefficient (Wildman–Crippen LogP) is -0.191. The molecule has 1 fully saturated rings. The minimum absolute atomic E-state index is 0.0965. The molecule has 30 heavy (non-hydrogen) atoms. The zero-order valence-electron chi connectivity index (χ0n) is 16.3. The molecule has 162 valence electrons. The lowest BCUT2D eigenvalue weighted by Crippen LogP contribution is -2.60. The van der Waals surface area contributed by atoms with Crippen LogP contribution in [-0.4, -0.2) is 68.8 Å². The molecule has 2 aromatic carbocycles. The molecule has 6 N–H and O–H groups in total. The van der Waals surface area contributed by atoms with Crippen molar-refractivity contribution in [2.24, 2.45) is 0 Å². The highest BCUT2D eigenvalue weighted by molar-refractivity contribution is 5.99. The standard InChI is InChI=1S/C21H25NO8/c1-11-5-7-12(8-6-11)9-22-20(28)16-13(24)3-2-4-14(16)29-21-19(27)18(26)17(25)15(10-23)30-21/h2-8,15,17-19,21,23-27H,9-10H2,1H3,(H,22,28)/t15-,17?,18?,19?,21?/m1/s1. The van der Waals surface area contributed by atoms with Crippen LogP contribution < -0.4 is 10.1 Å². The second kappa shape index (κ2) is 9.41. The van der Waals surface area contributed by atoms with Gasteiger partial charge in [0.15, 0.2) is 0 Å². The van der Waals surface area contributed by atoms with Crippen LogP contribution in [0.2, 0.25) is 0 Å². The van der Waals surface area contributed by atoms with E-state index in [1.165, 1.54) is 18.2 Å². The Kier molecular flexibility index (Phi) is 6.91. The normalized spacial score (nSPS) is 26.2. The van der Waals surface area contributed by atoms with Crippen molar-refractivity contribution in [3.8, 4) is 11.5 Å². The van der Waals surface area contributed by atoms with E-state index in [1.807, 2.05) is 31.2 Å². The van der Waals surface area contributed by atoms with Gasteiger partial charge in [-0.2, -0.15) is 0 Å². The molecule has 0 aromatic heterocycles. The topological polar surface area (TPSA) is 149 Å². The number of aliphatic hydroxyl groups is 4. The molecule has 1 aliphatic rings. The first kappa shape index (κ1) is 22.0. The summed E-state index contributed by atoms with van der Waals surface area (Å²) in [4.78, 5) is 12.7. The van der Waals surface area contributed by atoms with Gasteiger partial charge in [-0.05, 0) is 24.6 Å². The molecule has 0 saturated carbocycles. The maximum absolute atomic E-state index is 12.7. The molecule has 9 nitrogen and oxygen atoms in total. The maximum Gasteiger partial charge on any atom is 0.259 e. The van der Waals surface area contributed by atoms with Gasteiger partial charge in [-0.1, -0.05) is 35.9 Å². The maximum atomic E-state index is 12.7. The number of hydrogen-bond donors (Lipinski definition) is 6. The van der Waals surface area contributed by atoms with Gasteiger partial charge in [-0.3, -0.25) is 4.79 Å². The summed E-state index contributed by atoms with van der Waals surface area (Å²) in [5.74, 6) is -1.06. The number of amides is 1. The number of hydrogen-bond acceptors (Lipinski definition) is 8. The molecule has 0 bridgehead atoms. The Morgan fingerprint density at radius 2 is 1.77 bits per heavy atom. The predicted molar refractivity (Wildman–Crippen MR) is 105 cm³/mol. The Morgan fingerprint density at radius 1 is 1.07 bits per heavy atom. The number of ether oxygens (including phenoxy) is 2. The number of rotatable bonds is 6. The van der Waals surface area contributed by atoms with Gasteiger partial charge >= 0.3 is 0 Å². The van der Waals surface area contributed by atoms with Crippen molar-refractivity contribution in [2.75, 3.05) is 6.61 Å². The number of phenolic OH excluding ortho intramolecular Hbond substituents is 1. The molecule has 2 aromatic rings. The van der Waals surface area contributed by atoms with E-state index in [0.29, 0.717) is 0 Å². The molecule has 3 rings (SSSR count). The summed E-state index contributed by atoms with van der Waals surface area (Å²) in [7, 11) is 0. The summed E-state index contributed by atoms with van der Waals surface area (Å²) in [5.41, 5.74) is 1.77. The summed E-state index contributed by atoms with van der Waals surface area (Å²) in [6.45, 7) is 1.55. The fraction of sp³-hybridized carbons (Fsp3) is 0.381. The molecule has 0 radical (unpaired) electrons. The third kappa shape index (κ3) is 4.72. The molecule has 1 saturated heterocycles. The van der Waals surface area contributed by atoms with E-state index in [0.717, 1.165) is 11.1 Å². The van der Waals surface area contributed by atoms with E-state index < -0.39 is 43.2 Å². The van der Waals surface area contributed by atoms with E-state index in [4.69, 9.17) is 9.47 Å². The van der Waals surface area contributed by atoms with Gasteiger partial charge in [-0.15, -0.1) is 0 Å². The number of aromatic hydroxyl groups is 1. The van der Waals surface area contributed by atoms with Crippen LogP contribution in [0, 0.1) is 6.92 Å². The Balaban J connectivity index is 1.77. The van der Waals surface area contributed by atoms with E-state index in [9.17, 15) is 30.3 Å². The molecule has 0 aliphatic carbocycles. The van der Waals surface area contributed by atoms with Gasteiger partial charge in [0.1, 0.15) is 41.5 Å². The van der Waals surface area contributed by atoms with E-state index in [-0.39, 0.29) is 23.6 Å². The Bertz CT molecular complexity index is 870. The SMILES string of the molecule is Cc1ccc(CNC(=O)c2c(O)cccc2OC2O[C@H](CO)C(O)C(O)C2O)cc1. The van der Waals surface area contributed by atoms with Gasteiger partial charge in [0, 0.05) is 6.54 Å². The Hall–Kier alpha value is -2.69. The zero-order valence-corrected chi connectivity index (χ0v) is 16.3. The van der Waals surface area contributed by atoms with Gasteiger partial charge < -0.3 is 40.3 Å². The van der Waals surface area contributed by atoms with E-state index >= 15 is 0 Å². The minimum Gasteiger partial charge on any atom is -0.507 e. The van der Waals surface area contributed by atoms with Crippen LogP contribution in [0.1, 0.15) is 21.5 Å². The van der Waals surface area contributed by atoms with E-state index in [2.05, 4.69) is 5.32 Å². The van der Waals surface area contributed by atoms with Crippen molar-refractivity contribution in [3.63, 3.8) is 0 Å². The third-order valence-corrected chi connectivity index (χ3v) is 4.90. The van der Waals surface area contributed by atoms with Crippen molar-refractivity contribution >= 4 is 5.91 Å². The molecule has 5 atom stereocenters. The van der Waals surface area contributed by atoms with Crippen LogP contribution in [0.5, 0.6) is 11.5 Å². The molecule has 9 heteroatoms. The molecule has 1 amide bonds. The van der Waals surface area contributed by atoms with Crippen molar-refractivity contribution in [3.05, 3.63) is 59.2 Å². The lowest BCUT2D eigenvalue weighted by Gasteiger charge is -2.39. The lowest BCUT2D eigenvalue weighted by atomic mass is 9.99. The molecule has 0 spiro atoms. The van der Waals surface area contributed by atoms with Crippen LogP contribution >= 0.6 is 0 Å². The fourth-order valence-electron chi connectivity index (χ4n) is 3.11. The van der Waals surface area contributed by atoms with Crippen LogP contribution in [0.4, 0.5) is 0 Å². The molecule has 4 unspecified atom stereocenters. The second-order valence-electron chi connectivity index (χ2n) is 7.13. The fourth-order valence-corrected chi connectivity index (χ4v) is 3.11. The van der Waals surface area contributed by atoms with Crippen LogP contribution in [0.15, 0.2) is 42.5 Å². The van der Waals surface area contributed by atoms with Crippen molar-refractivity contribution in [2.45, 2.75) is 44.2 Å². The largest absolute Gasteiger partial charge is 0.507 e. The third-order valence-electron chi connectivity index (χ3n) is 4.90. The quantitative estimate of drug-likeness (QED) is 0.377. The number of aliphatic hydroxyl groups excluding tert-OH is 4. The molecule has 1 aliphatic heterocycles. The zero-order chi connectivity index (χ0) is 21.8. The number of carbonyl (C=O) groups is 1. The smallest absolute Gasteiger partial charge is 0.259 e. The van der Waals surface area contributed by atoms with Gasteiger partial charge in [-0.25, -0.2) is 0 Å². The van der Waals surface area contributed by atoms with Gasteiger partial charge in [0.05, 0.1) is 6.61 Å². The number of nitrogens with one attached hydrogen (secondary N) is 1. The van der Waals surface area contributed by atoms with Crippen LogP contribution in [0.25, 0.3) is 0 Å². The van der Waals surface area contributed by atoms with Gasteiger partial charge in [0.25, 0.3) is 5.91 Å². The Labute approximate surface area is 173 Å². The number of benzene rings is 2. The highest BCUT2D eigenvalue weighted by Gasteiger charge is 2.45. The molecular formula is C21H25NO8. The van der Waals surface area contributed by atoms with Crippen LogP contribution in [0.3, 0.4) is 0 Å². The van der Waals surface area contributed by atoms with Crippen molar-refractivity contribution in [1.29, 1.82) is 0 Å². The van der Waals surface area contributed by atoms with Gasteiger partial charge in [0.2, 0.25) is 6.29 Å². The highest BCUT2D eigenvalue weighted by atomic mass is 16.7. The van der Waals surface area contributed by atoms with Crippen molar-refractivity contribution < 1.29 is 39.8 Å². The summed E-state index contributed by atoms with van der Waals surface area (Å²) in [5, 5.41) is 52.1. The van der Waals surface area contributed by atoms with Crippen molar-refractivity contribution in [1.82, 2.24) is 5.32 Å². The summed E-state index contributed by atoms with van der Waals surface area (Å²) < 4.78 is 10.8. The first-order valence-electron chi connectivity index (χ1n) is 9.44. The second-order valence-corrected chi connectivity index (χ2v) is 7.13. The first-order valence-corrected chi connectivity index (χ1v) is 9.44. The molecular weight excluding hydrogens is 394 g/mol.